The number of unbranched alkanes of at least 4 members (excludes halogenated alkanes) is 3. The van der Waals surface area contributed by atoms with Crippen LogP contribution in [0.2, 0.25) is 0 Å². The first-order valence-corrected chi connectivity index (χ1v) is 10.2. The molecule has 23 heavy (non-hydrogen) atoms. The summed E-state index contributed by atoms with van der Waals surface area (Å²) in [5.41, 5.74) is -0.688. The van der Waals surface area contributed by atoms with Crippen LogP contribution in [0.15, 0.2) is 0 Å². The van der Waals surface area contributed by atoms with E-state index in [0.29, 0.717) is 6.54 Å². The molecule has 0 bridgehead atoms. The van der Waals surface area contributed by atoms with Gasteiger partial charge in [-0.2, -0.15) is 11.8 Å². The highest BCUT2D eigenvalue weighted by atomic mass is 32.2. The molecule has 1 amide bonds. The number of nitrogens with one attached hydrogen (secondary N) is 1. The van der Waals surface area contributed by atoms with Gasteiger partial charge in [-0.1, -0.05) is 12.8 Å². The molecule has 0 aliphatic rings. The fourth-order valence-electron chi connectivity index (χ4n) is 2.18. The molecule has 0 spiro atoms. The normalized spacial score (nSPS) is 12.3. The molecule has 0 fully saturated rings. The summed E-state index contributed by atoms with van der Waals surface area (Å²) in [7, 11) is 0. The average molecular weight is 347 g/mol. The highest BCUT2D eigenvalue weighted by Gasteiger charge is 2.30. The number of carbonyl (C=O) groups is 1. The molecule has 0 aromatic rings. The van der Waals surface area contributed by atoms with Gasteiger partial charge in [0.1, 0.15) is 5.60 Å². The van der Waals surface area contributed by atoms with Crippen LogP contribution in [0.5, 0.6) is 0 Å². The van der Waals surface area contributed by atoms with Gasteiger partial charge in [-0.15, -0.1) is 0 Å². The first-order valence-electron chi connectivity index (χ1n) is 8.78. The van der Waals surface area contributed by atoms with E-state index in [9.17, 15) is 4.79 Å². The first kappa shape index (κ1) is 22.6. The number of hydrogen-bond acceptors (Lipinski definition) is 4. The van der Waals surface area contributed by atoms with Gasteiger partial charge in [-0.25, -0.2) is 4.79 Å². The van der Waals surface area contributed by atoms with Crippen molar-refractivity contribution < 1.29 is 9.53 Å². The summed E-state index contributed by atoms with van der Waals surface area (Å²) in [6.45, 7) is 14.3. The molecule has 138 valence electrons. The van der Waals surface area contributed by atoms with Crippen molar-refractivity contribution in [2.75, 3.05) is 31.6 Å². The second kappa shape index (κ2) is 11.2. The molecule has 4 nitrogen and oxygen atoms in total. The Balaban J connectivity index is 4.02. The smallest absolute Gasteiger partial charge is 0.410 e. The van der Waals surface area contributed by atoms with Crippen molar-refractivity contribution in [1.29, 1.82) is 0 Å². The van der Waals surface area contributed by atoms with E-state index in [0.717, 1.165) is 13.1 Å². The molecule has 0 aromatic carbocycles. The maximum absolute atomic E-state index is 12.3. The zero-order chi connectivity index (χ0) is 17.9. The van der Waals surface area contributed by atoms with Gasteiger partial charge in [-0.05, 0) is 72.9 Å². The molecule has 0 aromatic heterocycles. The third kappa shape index (κ3) is 12.6. The lowest BCUT2D eigenvalue weighted by atomic mass is 10.1. The van der Waals surface area contributed by atoms with Gasteiger partial charge < -0.3 is 15.0 Å². The molecule has 5 heteroatoms. The van der Waals surface area contributed by atoms with Crippen LogP contribution in [0.3, 0.4) is 0 Å². The number of thioether (sulfide) groups is 1. The van der Waals surface area contributed by atoms with E-state index in [1.807, 2.05) is 58.2 Å². The van der Waals surface area contributed by atoms with E-state index >= 15 is 0 Å². The van der Waals surface area contributed by atoms with Gasteiger partial charge in [0.15, 0.2) is 0 Å². The Morgan fingerprint density at radius 1 is 1.00 bits per heavy atom. The number of nitrogens with zero attached hydrogens (tertiary/aromatic N) is 1. The van der Waals surface area contributed by atoms with Gasteiger partial charge in [0.25, 0.3) is 0 Å². The lowest BCUT2D eigenvalue weighted by Crippen LogP contribution is -2.50. The van der Waals surface area contributed by atoms with E-state index < -0.39 is 5.60 Å². The van der Waals surface area contributed by atoms with Crippen LogP contribution in [0.1, 0.15) is 67.2 Å². The van der Waals surface area contributed by atoms with Crippen molar-refractivity contribution in [2.24, 2.45) is 0 Å². The third-order valence-electron chi connectivity index (χ3n) is 3.39. The monoisotopic (exact) mass is 346 g/mol. The molecule has 0 radical (unpaired) electrons. The van der Waals surface area contributed by atoms with Crippen LogP contribution < -0.4 is 5.32 Å². The molecule has 0 unspecified atom stereocenters. The van der Waals surface area contributed by atoms with Crippen molar-refractivity contribution in [3.63, 3.8) is 0 Å². The van der Waals surface area contributed by atoms with Crippen LogP contribution in [0.25, 0.3) is 0 Å². The predicted octanol–water partition coefficient (Wildman–Crippen LogP) is 4.54. The molecule has 0 atom stereocenters. The number of amides is 1. The Bertz CT molecular complexity index is 322. The van der Waals surface area contributed by atoms with E-state index in [2.05, 4.69) is 11.6 Å². The summed E-state index contributed by atoms with van der Waals surface area (Å²) in [4.78, 5) is 14.2. The minimum atomic E-state index is -0.454. The van der Waals surface area contributed by atoms with Gasteiger partial charge in [0.2, 0.25) is 0 Å². The fraction of sp³-hybridized carbons (Fsp3) is 0.944. The number of hydrogen-bond donors (Lipinski definition) is 1. The second-order valence-corrected chi connectivity index (χ2v) is 8.95. The Kier molecular flexibility index (Phi) is 11.0. The van der Waals surface area contributed by atoms with E-state index in [1.165, 1.54) is 31.4 Å². The van der Waals surface area contributed by atoms with E-state index in [1.54, 1.807) is 0 Å². The maximum atomic E-state index is 12.3. The average Bonchev–Trinajstić information content (AvgIpc) is 2.37. The molecular formula is C18H38N2O2S. The molecule has 0 aliphatic heterocycles. The summed E-state index contributed by atoms with van der Waals surface area (Å²) >= 11 is 1.92. The molecule has 0 rings (SSSR count). The minimum absolute atomic E-state index is 0.233. The van der Waals surface area contributed by atoms with Gasteiger partial charge in [0, 0.05) is 18.6 Å². The SMILES string of the molecule is CSCCCCCCNCCN(C(=O)OC(C)(C)C)C(C)(C)C. The molecule has 0 aliphatic carbocycles. The van der Waals surface area contributed by atoms with Crippen LogP contribution in [0, 0.1) is 0 Å². The van der Waals surface area contributed by atoms with Crippen LogP contribution in [0.4, 0.5) is 4.79 Å². The van der Waals surface area contributed by atoms with Crippen LogP contribution >= 0.6 is 11.8 Å². The predicted molar refractivity (Wildman–Crippen MR) is 102 cm³/mol. The molecule has 0 heterocycles. The standard InChI is InChI=1S/C18H38N2O2S/c1-17(2,3)20(16(21)22-18(4,5)6)14-13-19-12-10-8-9-11-15-23-7/h19H,8-15H2,1-7H3. The van der Waals surface area contributed by atoms with Crippen molar-refractivity contribution in [2.45, 2.75) is 78.4 Å². The van der Waals surface area contributed by atoms with Crippen LogP contribution in [-0.2, 0) is 4.74 Å². The maximum Gasteiger partial charge on any atom is 0.410 e. The van der Waals surface area contributed by atoms with E-state index in [4.69, 9.17) is 4.74 Å². The summed E-state index contributed by atoms with van der Waals surface area (Å²) in [6, 6.07) is 0. The van der Waals surface area contributed by atoms with E-state index in [-0.39, 0.29) is 11.6 Å². The molecule has 0 saturated heterocycles. The largest absolute Gasteiger partial charge is 0.444 e. The lowest BCUT2D eigenvalue weighted by molar-refractivity contribution is 0.00665. The third-order valence-corrected chi connectivity index (χ3v) is 4.08. The van der Waals surface area contributed by atoms with Crippen molar-refractivity contribution in [1.82, 2.24) is 10.2 Å². The molecular weight excluding hydrogens is 308 g/mol. The quantitative estimate of drug-likeness (QED) is 0.590. The number of carbonyl (C=O) groups excluding carboxylic acids is 1. The minimum Gasteiger partial charge on any atom is -0.444 e. The summed E-state index contributed by atoms with van der Waals surface area (Å²) in [6.07, 6.45) is 7.04. The van der Waals surface area contributed by atoms with Gasteiger partial charge in [-0.3, -0.25) is 0 Å². The van der Waals surface area contributed by atoms with Gasteiger partial charge in [0.05, 0.1) is 0 Å². The topological polar surface area (TPSA) is 41.6 Å². The summed E-state index contributed by atoms with van der Waals surface area (Å²) < 4.78 is 5.52. The Hall–Kier alpha value is -0.420. The Morgan fingerprint density at radius 2 is 1.61 bits per heavy atom. The van der Waals surface area contributed by atoms with Crippen LogP contribution in [-0.4, -0.2) is 53.8 Å². The molecule has 1 N–H and O–H groups in total. The zero-order valence-corrected chi connectivity index (χ0v) is 17.1. The number of ether oxygens (including phenoxy) is 1. The molecule has 0 saturated carbocycles. The first-order chi connectivity index (χ1) is 10.6. The Labute approximate surface area is 148 Å². The number of rotatable bonds is 10. The highest BCUT2D eigenvalue weighted by molar-refractivity contribution is 7.98. The Morgan fingerprint density at radius 3 is 2.13 bits per heavy atom. The summed E-state index contributed by atoms with van der Waals surface area (Å²) in [5.74, 6) is 1.27. The summed E-state index contributed by atoms with van der Waals surface area (Å²) in [5, 5.41) is 3.44. The second-order valence-electron chi connectivity index (χ2n) is 7.96. The highest BCUT2D eigenvalue weighted by Crippen LogP contribution is 2.17. The van der Waals surface area contributed by atoms with Gasteiger partial charge >= 0.3 is 6.09 Å². The lowest BCUT2D eigenvalue weighted by Gasteiger charge is -2.36. The fourth-order valence-corrected chi connectivity index (χ4v) is 2.68. The zero-order valence-electron chi connectivity index (χ0n) is 16.3. The van der Waals surface area contributed by atoms with Crippen molar-refractivity contribution in [3.05, 3.63) is 0 Å². The van der Waals surface area contributed by atoms with Crippen molar-refractivity contribution in [3.8, 4) is 0 Å². The van der Waals surface area contributed by atoms with Crippen molar-refractivity contribution >= 4 is 17.9 Å².